The van der Waals surface area contributed by atoms with E-state index >= 15 is 0 Å². The van der Waals surface area contributed by atoms with Crippen molar-refractivity contribution < 1.29 is 9.84 Å². The second-order valence-corrected chi connectivity index (χ2v) is 3.99. The van der Waals surface area contributed by atoms with Gasteiger partial charge in [-0.05, 0) is 53.6 Å². The third-order valence-electron chi connectivity index (χ3n) is 2.73. The molecular weight excluding hydrogens is 238 g/mol. The molecule has 0 unspecified atom stereocenters. The molecule has 0 bridgehead atoms. The van der Waals surface area contributed by atoms with Crippen molar-refractivity contribution >= 4 is 11.6 Å². The van der Waals surface area contributed by atoms with Crippen LogP contribution in [0.25, 0.3) is 11.6 Å². The first-order valence-electron chi connectivity index (χ1n) is 5.78. The summed E-state index contributed by atoms with van der Waals surface area (Å²) in [5.41, 5.74) is 2.26. The molecule has 0 aliphatic heterocycles. The number of ether oxygens (including phenoxy) is 1. The SMILES string of the molecule is COc1ccc(/C(C#N)=C\c2ccc(O)cc2)cc1. The van der Waals surface area contributed by atoms with Gasteiger partial charge in [-0.25, -0.2) is 0 Å². The smallest absolute Gasteiger partial charge is 0.118 e. The average Bonchev–Trinajstić information content (AvgIpc) is 2.47. The Bertz CT molecular complexity index is 619. The van der Waals surface area contributed by atoms with Gasteiger partial charge in [0.05, 0.1) is 18.8 Å². The Balaban J connectivity index is 2.33. The van der Waals surface area contributed by atoms with Gasteiger partial charge in [0.2, 0.25) is 0 Å². The first-order valence-corrected chi connectivity index (χ1v) is 5.78. The topological polar surface area (TPSA) is 53.2 Å². The Kier molecular flexibility index (Phi) is 3.84. The summed E-state index contributed by atoms with van der Waals surface area (Å²) in [7, 11) is 1.60. The minimum Gasteiger partial charge on any atom is -0.508 e. The highest BCUT2D eigenvalue weighted by Crippen LogP contribution is 2.21. The minimum atomic E-state index is 0.208. The molecule has 2 aromatic rings. The van der Waals surface area contributed by atoms with Crippen LogP contribution in [-0.4, -0.2) is 12.2 Å². The van der Waals surface area contributed by atoms with Crippen LogP contribution in [0.2, 0.25) is 0 Å². The van der Waals surface area contributed by atoms with Crippen molar-refractivity contribution in [2.75, 3.05) is 7.11 Å². The first-order chi connectivity index (χ1) is 9.22. The van der Waals surface area contributed by atoms with Crippen molar-refractivity contribution in [1.29, 1.82) is 5.26 Å². The van der Waals surface area contributed by atoms with E-state index < -0.39 is 0 Å². The molecule has 2 rings (SSSR count). The van der Waals surface area contributed by atoms with Crippen molar-refractivity contribution in [3.63, 3.8) is 0 Å². The fourth-order valence-corrected chi connectivity index (χ4v) is 1.69. The molecule has 0 radical (unpaired) electrons. The molecule has 3 nitrogen and oxygen atoms in total. The molecule has 0 atom stereocenters. The van der Waals surface area contributed by atoms with E-state index in [1.54, 1.807) is 37.5 Å². The van der Waals surface area contributed by atoms with Gasteiger partial charge in [-0.15, -0.1) is 0 Å². The van der Waals surface area contributed by atoms with E-state index in [2.05, 4.69) is 6.07 Å². The highest BCUT2D eigenvalue weighted by Gasteiger charge is 2.01. The quantitative estimate of drug-likeness (QED) is 0.671. The number of rotatable bonds is 3. The zero-order valence-corrected chi connectivity index (χ0v) is 10.5. The van der Waals surface area contributed by atoms with Crippen molar-refractivity contribution in [1.82, 2.24) is 0 Å². The second-order valence-electron chi connectivity index (χ2n) is 3.99. The van der Waals surface area contributed by atoms with Gasteiger partial charge in [0.1, 0.15) is 11.5 Å². The van der Waals surface area contributed by atoms with Crippen LogP contribution in [0, 0.1) is 11.3 Å². The van der Waals surface area contributed by atoms with Crippen LogP contribution in [-0.2, 0) is 0 Å². The van der Waals surface area contributed by atoms with Crippen molar-refractivity contribution in [3.05, 3.63) is 59.7 Å². The highest BCUT2D eigenvalue weighted by molar-refractivity contribution is 5.89. The van der Waals surface area contributed by atoms with E-state index in [1.165, 1.54) is 0 Å². The number of benzene rings is 2. The Morgan fingerprint density at radius 1 is 1.11 bits per heavy atom. The average molecular weight is 251 g/mol. The number of nitriles is 1. The molecule has 94 valence electrons. The van der Waals surface area contributed by atoms with Crippen molar-refractivity contribution in [2.24, 2.45) is 0 Å². The summed E-state index contributed by atoms with van der Waals surface area (Å²) < 4.78 is 5.08. The van der Waals surface area contributed by atoms with Crippen LogP contribution in [0.4, 0.5) is 0 Å². The van der Waals surface area contributed by atoms with Crippen LogP contribution < -0.4 is 4.74 Å². The fourth-order valence-electron chi connectivity index (χ4n) is 1.69. The molecular formula is C16H13NO2. The Morgan fingerprint density at radius 2 is 1.74 bits per heavy atom. The van der Waals surface area contributed by atoms with E-state index in [1.807, 2.05) is 24.3 Å². The minimum absolute atomic E-state index is 0.208. The lowest BCUT2D eigenvalue weighted by atomic mass is 10.0. The Hall–Kier alpha value is -2.73. The molecule has 0 heterocycles. The molecule has 2 aromatic carbocycles. The van der Waals surface area contributed by atoms with Crippen LogP contribution in [0.1, 0.15) is 11.1 Å². The monoisotopic (exact) mass is 251 g/mol. The number of nitrogens with zero attached hydrogens (tertiary/aromatic N) is 1. The number of methoxy groups -OCH3 is 1. The highest BCUT2D eigenvalue weighted by atomic mass is 16.5. The summed E-state index contributed by atoms with van der Waals surface area (Å²) in [5, 5.41) is 18.4. The Labute approximate surface area is 112 Å². The number of phenolic OH excluding ortho intramolecular Hbond substituents is 1. The molecule has 0 aliphatic carbocycles. The van der Waals surface area contributed by atoms with E-state index in [9.17, 15) is 10.4 Å². The molecule has 0 aliphatic rings. The van der Waals surface area contributed by atoms with Crippen LogP contribution >= 0.6 is 0 Å². The number of allylic oxidation sites excluding steroid dienone is 1. The summed E-state index contributed by atoms with van der Waals surface area (Å²) in [5.74, 6) is 0.964. The summed E-state index contributed by atoms with van der Waals surface area (Å²) in [6, 6.07) is 16.2. The lowest BCUT2D eigenvalue weighted by Gasteiger charge is -2.02. The van der Waals surface area contributed by atoms with Gasteiger partial charge < -0.3 is 9.84 Å². The largest absolute Gasteiger partial charge is 0.508 e. The second kappa shape index (κ2) is 5.74. The summed E-state index contributed by atoms with van der Waals surface area (Å²) >= 11 is 0. The maximum Gasteiger partial charge on any atom is 0.118 e. The predicted molar refractivity (Wildman–Crippen MR) is 74.6 cm³/mol. The molecule has 0 aromatic heterocycles. The van der Waals surface area contributed by atoms with Crippen molar-refractivity contribution in [3.8, 4) is 17.6 Å². The lowest BCUT2D eigenvalue weighted by Crippen LogP contribution is -1.85. The molecule has 0 saturated heterocycles. The van der Waals surface area contributed by atoms with E-state index in [0.717, 1.165) is 16.9 Å². The number of hydrogen-bond donors (Lipinski definition) is 1. The van der Waals surface area contributed by atoms with Gasteiger partial charge in [-0.3, -0.25) is 0 Å². The molecule has 0 spiro atoms. The van der Waals surface area contributed by atoms with Gasteiger partial charge in [0.25, 0.3) is 0 Å². The van der Waals surface area contributed by atoms with Gasteiger partial charge in [-0.2, -0.15) is 5.26 Å². The summed E-state index contributed by atoms with van der Waals surface area (Å²) in [6.45, 7) is 0. The zero-order valence-electron chi connectivity index (χ0n) is 10.5. The fraction of sp³-hybridized carbons (Fsp3) is 0.0625. The molecule has 0 saturated carbocycles. The predicted octanol–water partition coefficient (Wildman–Crippen LogP) is 3.46. The van der Waals surface area contributed by atoms with Gasteiger partial charge in [0.15, 0.2) is 0 Å². The maximum absolute atomic E-state index is 9.22. The van der Waals surface area contributed by atoms with Crippen LogP contribution in [0.3, 0.4) is 0 Å². The number of aromatic hydroxyl groups is 1. The van der Waals surface area contributed by atoms with Gasteiger partial charge in [-0.1, -0.05) is 12.1 Å². The normalized spacial score (nSPS) is 10.8. The summed E-state index contributed by atoms with van der Waals surface area (Å²) in [4.78, 5) is 0. The van der Waals surface area contributed by atoms with E-state index in [4.69, 9.17) is 4.74 Å². The Morgan fingerprint density at radius 3 is 2.26 bits per heavy atom. The van der Waals surface area contributed by atoms with Gasteiger partial charge >= 0.3 is 0 Å². The maximum atomic E-state index is 9.22. The molecule has 1 N–H and O–H groups in total. The lowest BCUT2D eigenvalue weighted by molar-refractivity contribution is 0.415. The third-order valence-corrected chi connectivity index (χ3v) is 2.73. The molecule has 3 heteroatoms. The zero-order chi connectivity index (χ0) is 13.7. The molecule has 19 heavy (non-hydrogen) atoms. The van der Waals surface area contributed by atoms with E-state index in [-0.39, 0.29) is 5.75 Å². The number of phenols is 1. The van der Waals surface area contributed by atoms with Crippen molar-refractivity contribution in [2.45, 2.75) is 0 Å². The molecule has 0 amide bonds. The molecule has 0 fully saturated rings. The standard InChI is InChI=1S/C16H13NO2/c1-19-16-8-4-13(5-9-16)14(11-17)10-12-2-6-15(18)7-3-12/h2-10,18H,1H3/b14-10-. The third kappa shape index (κ3) is 3.14. The van der Waals surface area contributed by atoms with Crippen LogP contribution in [0.15, 0.2) is 48.5 Å². The van der Waals surface area contributed by atoms with E-state index in [0.29, 0.717) is 5.57 Å². The summed E-state index contributed by atoms with van der Waals surface area (Å²) in [6.07, 6.45) is 1.78. The van der Waals surface area contributed by atoms with Gasteiger partial charge in [0, 0.05) is 0 Å². The number of hydrogen-bond acceptors (Lipinski definition) is 3. The first kappa shape index (κ1) is 12.7. The van der Waals surface area contributed by atoms with Crippen LogP contribution in [0.5, 0.6) is 11.5 Å².